The quantitative estimate of drug-likeness (QED) is 0.678. The van der Waals surface area contributed by atoms with Crippen molar-refractivity contribution >= 4 is 21.6 Å². The highest BCUT2D eigenvalue weighted by Gasteiger charge is 2.19. The van der Waals surface area contributed by atoms with Crippen LogP contribution in [0.4, 0.5) is 5.69 Å². The van der Waals surface area contributed by atoms with E-state index in [1.54, 1.807) is 18.2 Å². The van der Waals surface area contributed by atoms with E-state index in [0.717, 1.165) is 26.2 Å². The lowest BCUT2D eigenvalue weighted by Crippen LogP contribution is -2.46. The molecule has 0 unspecified atom stereocenters. The highest BCUT2D eigenvalue weighted by Crippen LogP contribution is 2.20. The second-order valence-corrected chi connectivity index (χ2v) is 6.63. The van der Waals surface area contributed by atoms with Gasteiger partial charge >= 0.3 is 0 Å². The molecule has 1 amide bonds. The van der Waals surface area contributed by atoms with Gasteiger partial charge < -0.3 is 10.6 Å². The van der Waals surface area contributed by atoms with Crippen LogP contribution >= 0.6 is 0 Å². The van der Waals surface area contributed by atoms with Crippen molar-refractivity contribution in [1.29, 1.82) is 0 Å². The van der Waals surface area contributed by atoms with Crippen molar-refractivity contribution in [3.05, 3.63) is 24.3 Å². The van der Waals surface area contributed by atoms with Crippen LogP contribution in [0.25, 0.3) is 0 Å². The van der Waals surface area contributed by atoms with Crippen LogP contribution in [-0.4, -0.2) is 59.0 Å². The van der Waals surface area contributed by atoms with Gasteiger partial charge in [0.15, 0.2) is 0 Å². The zero-order chi connectivity index (χ0) is 15.3. The average Bonchev–Trinajstić information content (AvgIpc) is 2.48. The lowest BCUT2D eigenvalue weighted by Gasteiger charge is -2.26. The Hall–Kier alpha value is -1.48. The summed E-state index contributed by atoms with van der Waals surface area (Å²) in [6.07, 6.45) is 0. The van der Waals surface area contributed by atoms with Gasteiger partial charge in [-0.1, -0.05) is 12.1 Å². The van der Waals surface area contributed by atoms with Crippen LogP contribution in [0.1, 0.15) is 0 Å². The van der Waals surface area contributed by atoms with Gasteiger partial charge in [0.25, 0.3) is 0 Å². The van der Waals surface area contributed by atoms with Gasteiger partial charge in [0.2, 0.25) is 15.9 Å². The molecule has 0 saturated carbocycles. The van der Waals surface area contributed by atoms with Gasteiger partial charge in [-0.15, -0.1) is 0 Å². The first-order valence-corrected chi connectivity index (χ1v) is 8.27. The van der Waals surface area contributed by atoms with Crippen molar-refractivity contribution < 1.29 is 13.2 Å². The van der Waals surface area contributed by atoms with E-state index in [-0.39, 0.29) is 17.3 Å². The van der Waals surface area contributed by atoms with Gasteiger partial charge in [-0.3, -0.25) is 9.69 Å². The number of benzene rings is 1. The third kappa shape index (κ3) is 4.24. The van der Waals surface area contributed by atoms with E-state index in [1.165, 1.54) is 13.1 Å². The summed E-state index contributed by atoms with van der Waals surface area (Å²) in [5.41, 5.74) is 0.298. The van der Waals surface area contributed by atoms with E-state index in [0.29, 0.717) is 5.69 Å². The Morgan fingerprint density at radius 1 is 1.29 bits per heavy atom. The molecule has 1 aromatic carbocycles. The van der Waals surface area contributed by atoms with E-state index in [4.69, 9.17) is 0 Å². The molecule has 1 fully saturated rings. The molecule has 2 rings (SSSR count). The molecule has 3 N–H and O–H groups in total. The van der Waals surface area contributed by atoms with Crippen LogP contribution < -0.4 is 15.4 Å². The Labute approximate surface area is 124 Å². The lowest BCUT2D eigenvalue weighted by atomic mass is 10.3. The molecule has 0 aromatic heterocycles. The number of para-hydroxylation sites is 1. The Kier molecular flexibility index (Phi) is 5.29. The second kappa shape index (κ2) is 6.99. The lowest BCUT2D eigenvalue weighted by molar-refractivity contribution is -0.117. The molecule has 1 aromatic rings. The summed E-state index contributed by atoms with van der Waals surface area (Å²) in [7, 11) is -2.25. The summed E-state index contributed by atoms with van der Waals surface area (Å²) >= 11 is 0. The SMILES string of the molecule is CNS(=O)(=O)c1ccccc1NC(=O)CN1CCNCC1. The van der Waals surface area contributed by atoms with Crippen LogP contribution in [0.15, 0.2) is 29.2 Å². The number of piperazine rings is 1. The number of hydrogen-bond donors (Lipinski definition) is 3. The largest absolute Gasteiger partial charge is 0.324 e. The zero-order valence-corrected chi connectivity index (χ0v) is 12.7. The van der Waals surface area contributed by atoms with E-state index >= 15 is 0 Å². The molecule has 116 valence electrons. The first-order valence-electron chi connectivity index (χ1n) is 6.78. The number of carbonyl (C=O) groups excluding carboxylic acids is 1. The van der Waals surface area contributed by atoms with Crippen molar-refractivity contribution in [1.82, 2.24) is 14.9 Å². The van der Waals surface area contributed by atoms with Crippen LogP contribution in [0.3, 0.4) is 0 Å². The second-order valence-electron chi connectivity index (χ2n) is 4.78. The molecule has 0 atom stereocenters. The minimum atomic E-state index is -3.60. The molecule has 0 spiro atoms. The number of carbonyl (C=O) groups is 1. The minimum Gasteiger partial charge on any atom is -0.324 e. The third-order valence-electron chi connectivity index (χ3n) is 3.30. The number of rotatable bonds is 5. The van der Waals surface area contributed by atoms with Gasteiger partial charge in [-0.2, -0.15) is 0 Å². The van der Waals surface area contributed by atoms with Crippen molar-refractivity contribution in [3.8, 4) is 0 Å². The van der Waals surface area contributed by atoms with Gasteiger partial charge in [-0.05, 0) is 19.2 Å². The topological polar surface area (TPSA) is 90.5 Å². The maximum absolute atomic E-state index is 12.1. The van der Waals surface area contributed by atoms with Crippen molar-refractivity contribution in [2.45, 2.75) is 4.90 Å². The Balaban J connectivity index is 2.07. The fourth-order valence-electron chi connectivity index (χ4n) is 2.18. The fraction of sp³-hybridized carbons (Fsp3) is 0.462. The smallest absolute Gasteiger partial charge is 0.242 e. The standard InChI is InChI=1S/C13H20N4O3S/c1-14-21(19,20)12-5-3-2-4-11(12)16-13(18)10-17-8-6-15-7-9-17/h2-5,14-15H,6-10H2,1H3,(H,16,18). The van der Waals surface area contributed by atoms with Gasteiger partial charge in [-0.25, -0.2) is 13.1 Å². The Morgan fingerprint density at radius 3 is 2.62 bits per heavy atom. The van der Waals surface area contributed by atoms with E-state index in [9.17, 15) is 13.2 Å². The van der Waals surface area contributed by atoms with Gasteiger partial charge in [0.1, 0.15) is 4.90 Å². The van der Waals surface area contributed by atoms with Crippen LogP contribution in [0.5, 0.6) is 0 Å². The highest BCUT2D eigenvalue weighted by molar-refractivity contribution is 7.89. The summed E-state index contributed by atoms with van der Waals surface area (Å²) in [4.78, 5) is 14.2. The normalized spacial score (nSPS) is 16.6. The van der Waals surface area contributed by atoms with Crippen molar-refractivity contribution in [2.24, 2.45) is 0 Å². The Morgan fingerprint density at radius 2 is 1.95 bits per heavy atom. The van der Waals surface area contributed by atoms with E-state index in [2.05, 4.69) is 15.4 Å². The van der Waals surface area contributed by atoms with Gasteiger partial charge in [0, 0.05) is 26.2 Å². The molecule has 21 heavy (non-hydrogen) atoms. The maximum atomic E-state index is 12.1. The van der Waals surface area contributed by atoms with Crippen molar-refractivity contribution in [2.75, 3.05) is 45.1 Å². The number of sulfonamides is 1. The fourth-order valence-corrected chi connectivity index (χ4v) is 3.06. The number of anilines is 1. The molecule has 0 bridgehead atoms. The average molecular weight is 312 g/mol. The van der Waals surface area contributed by atoms with Gasteiger partial charge in [0.05, 0.1) is 12.2 Å². The zero-order valence-electron chi connectivity index (χ0n) is 11.9. The summed E-state index contributed by atoms with van der Waals surface area (Å²) in [5, 5.41) is 5.89. The molecule has 0 radical (unpaired) electrons. The molecule has 8 heteroatoms. The number of nitrogens with zero attached hydrogens (tertiary/aromatic N) is 1. The van der Waals surface area contributed by atoms with Crippen LogP contribution in [0.2, 0.25) is 0 Å². The molecule has 1 aliphatic rings. The highest BCUT2D eigenvalue weighted by atomic mass is 32.2. The summed E-state index contributed by atoms with van der Waals surface area (Å²) in [6, 6.07) is 6.36. The number of nitrogens with one attached hydrogen (secondary N) is 3. The van der Waals surface area contributed by atoms with Crippen molar-refractivity contribution in [3.63, 3.8) is 0 Å². The predicted octanol–water partition coefficient (Wildman–Crippen LogP) is -0.562. The van der Waals surface area contributed by atoms with Crippen LogP contribution in [0, 0.1) is 0 Å². The minimum absolute atomic E-state index is 0.0705. The molecular formula is C13H20N4O3S. The molecule has 1 aliphatic heterocycles. The Bertz CT molecular complexity index is 597. The molecule has 7 nitrogen and oxygen atoms in total. The van der Waals surface area contributed by atoms with E-state index < -0.39 is 10.0 Å². The van der Waals surface area contributed by atoms with Crippen LogP contribution in [-0.2, 0) is 14.8 Å². The molecular weight excluding hydrogens is 292 g/mol. The molecule has 0 aliphatic carbocycles. The first-order chi connectivity index (χ1) is 10.0. The summed E-state index contributed by atoms with van der Waals surface area (Å²) in [6.45, 7) is 3.60. The summed E-state index contributed by atoms with van der Waals surface area (Å²) < 4.78 is 26.1. The molecule has 1 saturated heterocycles. The predicted molar refractivity (Wildman–Crippen MR) is 80.6 cm³/mol. The molecule has 1 heterocycles. The number of hydrogen-bond acceptors (Lipinski definition) is 5. The summed E-state index contributed by atoms with van der Waals surface area (Å²) in [5.74, 6) is -0.212. The van der Waals surface area contributed by atoms with E-state index in [1.807, 2.05) is 4.90 Å². The number of amides is 1. The first kappa shape index (κ1) is 15.9. The maximum Gasteiger partial charge on any atom is 0.242 e. The monoisotopic (exact) mass is 312 g/mol. The third-order valence-corrected chi connectivity index (χ3v) is 4.77.